The van der Waals surface area contributed by atoms with Crippen molar-refractivity contribution in [3.8, 4) is 0 Å². The molecule has 0 saturated carbocycles. The summed E-state index contributed by atoms with van der Waals surface area (Å²) in [6.45, 7) is -0.174. The molecule has 1 aliphatic heterocycles. The first-order chi connectivity index (χ1) is 15.0. The highest BCUT2D eigenvalue weighted by Crippen LogP contribution is 2.19. The molecule has 2 aromatic carbocycles. The normalized spacial score (nSPS) is 17.7. The van der Waals surface area contributed by atoms with E-state index < -0.39 is 36.2 Å². The zero-order valence-electron chi connectivity index (χ0n) is 16.6. The van der Waals surface area contributed by atoms with Gasteiger partial charge in [0.1, 0.15) is 13.2 Å². The Balaban J connectivity index is 1.62. The summed E-state index contributed by atoms with van der Waals surface area (Å²) in [4.78, 5) is 54.2. The minimum Gasteiger partial charge on any atom is -0.467 e. The van der Waals surface area contributed by atoms with E-state index in [9.17, 15) is 19.2 Å². The van der Waals surface area contributed by atoms with Crippen molar-refractivity contribution in [1.29, 1.82) is 0 Å². The van der Waals surface area contributed by atoms with Crippen molar-refractivity contribution in [3.05, 3.63) is 71.8 Å². The smallest absolute Gasteiger partial charge is 0.441 e. The SMILES string of the molecule is COC(=O)[C@H]1ON(C(=O)OCc2ccccc2)C(=O)[C@H]1NC(=O)OCc1ccccc1. The van der Waals surface area contributed by atoms with Crippen LogP contribution in [0.3, 0.4) is 0 Å². The van der Waals surface area contributed by atoms with Crippen LogP contribution in [0.25, 0.3) is 0 Å². The molecular weight excluding hydrogens is 408 g/mol. The fourth-order valence-electron chi connectivity index (χ4n) is 2.72. The van der Waals surface area contributed by atoms with Crippen LogP contribution in [0.4, 0.5) is 9.59 Å². The molecule has 1 aliphatic rings. The summed E-state index contributed by atoms with van der Waals surface area (Å²) < 4.78 is 14.7. The van der Waals surface area contributed by atoms with E-state index in [1.807, 2.05) is 6.07 Å². The average Bonchev–Trinajstić information content (AvgIpc) is 3.13. The Labute approximate surface area is 177 Å². The Morgan fingerprint density at radius 2 is 1.48 bits per heavy atom. The fourth-order valence-corrected chi connectivity index (χ4v) is 2.72. The van der Waals surface area contributed by atoms with Crippen molar-refractivity contribution in [3.63, 3.8) is 0 Å². The van der Waals surface area contributed by atoms with E-state index in [1.165, 1.54) is 0 Å². The number of hydrogen-bond donors (Lipinski definition) is 1. The molecule has 0 spiro atoms. The summed E-state index contributed by atoms with van der Waals surface area (Å²) in [6, 6.07) is 16.1. The highest BCUT2D eigenvalue weighted by molar-refractivity contribution is 6.00. The number of imide groups is 1. The molecule has 1 heterocycles. The highest BCUT2D eigenvalue weighted by atomic mass is 16.8. The first kappa shape index (κ1) is 21.8. The number of hydrogen-bond acceptors (Lipinski definition) is 8. The Kier molecular flexibility index (Phi) is 7.17. The lowest BCUT2D eigenvalue weighted by Gasteiger charge is -2.14. The summed E-state index contributed by atoms with van der Waals surface area (Å²) in [5.41, 5.74) is 1.41. The number of benzene rings is 2. The lowest BCUT2D eigenvalue weighted by atomic mass is 10.1. The number of ether oxygens (including phenoxy) is 3. The van der Waals surface area contributed by atoms with Gasteiger partial charge in [-0.3, -0.25) is 4.79 Å². The zero-order valence-corrected chi connectivity index (χ0v) is 16.6. The Morgan fingerprint density at radius 3 is 2.03 bits per heavy atom. The van der Waals surface area contributed by atoms with Gasteiger partial charge in [-0.05, 0) is 11.1 Å². The van der Waals surface area contributed by atoms with Gasteiger partial charge in [0, 0.05) is 0 Å². The van der Waals surface area contributed by atoms with Crippen molar-refractivity contribution in [2.45, 2.75) is 25.4 Å². The number of carbonyl (C=O) groups is 4. The van der Waals surface area contributed by atoms with Crippen molar-refractivity contribution in [1.82, 2.24) is 10.4 Å². The van der Waals surface area contributed by atoms with Crippen LogP contribution in [0.2, 0.25) is 0 Å². The molecule has 1 fully saturated rings. The van der Waals surface area contributed by atoms with Crippen LogP contribution in [-0.2, 0) is 41.9 Å². The maximum absolute atomic E-state index is 12.6. The molecule has 0 aromatic heterocycles. The van der Waals surface area contributed by atoms with Gasteiger partial charge < -0.3 is 19.5 Å². The zero-order chi connectivity index (χ0) is 22.2. The Hall–Kier alpha value is -3.92. The molecule has 0 radical (unpaired) electrons. The monoisotopic (exact) mass is 428 g/mol. The minimum atomic E-state index is -1.58. The average molecular weight is 428 g/mol. The van der Waals surface area contributed by atoms with Crippen molar-refractivity contribution >= 4 is 24.1 Å². The molecule has 2 atom stereocenters. The fraction of sp³-hybridized carbons (Fsp3) is 0.238. The third kappa shape index (κ3) is 5.58. The van der Waals surface area contributed by atoms with E-state index in [0.717, 1.165) is 12.7 Å². The van der Waals surface area contributed by atoms with Gasteiger partial charge >= 0.3 is 18.2 Å². The van der Waals surface area contributed by atoms with Gasteiger partial charge in [0.05, 0.1) is 7.11 Å². The Bertz CT molecular complexity index is 935. The molecule has 0 unspecified atom stereocenters. The van der Waals surface area contributed by atoms with Gasteiger partial charge in [0.2, 0.25) is 6.10 Å². The minimum absolute atomic E-state index is 0.0554. The van der Waals surface area contributed by atoms with E-state index in [1.54, 1.807) is 54.6 Å². The van der Waals surface area contributed by atoms with Crippen LogP contribution in [0.5, 0.6) is 0 Å². The van der Waals surface area contributed by atoms with Gasteiger partial charge in [0.15, 0.2) is 6.04 Å². The molecular formula is C21H20N2O8. The molecule has 10 nitrogen and oxygen atoms in total. The van der Waals surface area contributed by atoms with Crippen molar-refractivity contribution < 1.29 is 38.2 Å². The molecule has 31 heavy (non-hydrogen) atoms. The summed E-state index contributed by atoms with van der Waals surface area (Å²) >= 11 is 0. The number of alkyl carbamates (subject to hydrolysis) is 1. The molecule has 3 rings (SSSR count). The first-order valence-corrected chi connectivity index (χ1v) is 9.26. The van der Waals surface area contributed by atoms with Crippen LogP contribution in [0.15, 0.2) is 60.7 Å². The largest absolute Gasteiger partial charge is 0.467 e. The van der Waals surface area contributed by atoms with E-state index >= 15 is 0 Å². The molecule has 1 N–H and O–H groups in total. The number of esters is 1. The maximum atomic E-state index is 12.6. The van der Waals surface area contributed by atoms with Crippen molar-refractivity contribution in [2.24, 2.45) is 0 Å². The number of carbonyl (C=O) groups excluding carboxylic acids is 4. The predicted octanol–water partition coefficient (Wildman–Crippen LogP) is 1.93. The van der Waals surface area contributed by atoms with Crippen LogP contribution in [-0.4, -0.2) is 48.4 Å². The van der Waals surface area contributed by atoms with E-state index in [2.05, 4.69) is 10.1 Å². The maximum Gasteiger partial charge on any atom is 0.441 e. The lowest BCUT2D eigenvalue weighted by Crippen LogP contribution is -2.49. The van der Waals surface area contributed by atoms with Crippen LogP contribution in [0.1, 0.15) is 11.1 Å². The first-order valence-electron chi connectivity index (χ1n) is 9.26. The van der Waals surface area contributed by atoms with Crippen molar-refractivity contribution in [2.75, 3.05) is 7.11 Å². The molecule has 162 valence electrons. The van der Waals surface area contributed by atoms with E-state index in [-0.39, 0.29) is 18.3 Å². The second-order valence-electron chi connectivity index (χ2n) is 6.41. The Morgan fingerprint density at radius 1 is 0.935 bits per heavy atom. The number of rotatable bonds is 6. The molecule has 10 heteroatoms. The third-order valence-corrected chi connectivity index (χ3v) is 4.28. The standard InChI is InChI=1S/C21H20N2O8/c1-28-19(25)17-16(22-20(26)29-12-14-8-4-2-5-9-14)18(24)23(31-17)21(27)30-13-15-10-6-3-7-11-15/h2-11,16-17H,12-13H2,1H3,(H,22,26)/t16-,17-/m0/s1. The van der Waals surface area contributed by atoms with Crippen LogP contribution >= 0.6 is 0 Å². The molecule has 0 aliphatic carbocycles. The van der Waals surface area contributed by atoms with Gasteiger partial charge in [-0.1, -0.05) is 60.7 Å². The van der Waals surface area contributed by atoms with Gasteiger partial charge in [0.25, 0.3) is 5.91 Å². The van der Waals surface area contributed by atoms with Gasteiger partial charge in [-0.2, -0.15) is 0 Å². The predicted molar refractivity (Wildman–Crippen MR) is 104 cm³/mol. The summed E-state index contributed by atoms with van der Waals surface area (Å²) in [6.07, 6.45) is -3.69. The lowest BCUT2D eigenvalue weighted by molar-refractivity contribution is -0.177. The van der Waals surface area contributed by atoms with Gasteiger partial charge in [-0.15, -0.1) is 5.06 Å². The van der Waals surface area contributed by atoms with Crippen LogP contribution < -0.4 is 5.32 Å². The van der Waals surface area contributed by atoms with Gasteiger partial charge in [-0.25, -0.2) is 19.2 Å². The second kappa shape index (κ2) is 10.2. The molecule has 2 aromatic rings. The van der Waals surface area contributed by atoms with E-state index in [4.69, 9.17) is 14.3 Å². The number of hydroxylamine groups is 2. The van der Waals surface area contributed by atoms with Crippen LogP contribution in [0, 0.1) is 0 Å². The molecule has 1 saturated heterocycles. The van der Waals surface area contributed by atoms with E-state index in [0.29, 0.717) is 5.56 Å². The number of amides is 3. The second-order valence-corrected chi connectivity index (χ2v) is 6.41. The summed E-state index contributed by atoms with van der Waals surface area (Å²) in [7, 11) is 1.08. The highest BCUT2D eigenvalue weighted by Gasteiger charge is 2.51. The molecule has 0 bridgehead atoms. The topological polar surface area (TPSA) is 120 Å². The summed E-state index contributed by atoms with van der Waals surface area (Å²) in [5, 5.41) is 2.52. The number of nitrogens with zero attached hydrogens (tertiary/aromatic N) is 1. The third-order valence-electron chi connectivity index (χ3n) is 4.28. The quantitative estimate of drug-likeness (QED) is 0.547. The summed E-state index contributed by atoms with van der Waals surface area (Å²) in [5.74, 6) is -1.95. The molecule has 3 amide bonds. The number of nitrogens with one attached hydrogen (secondary N) is 1. The number of methoxy groups -OCH3 is 1.